The predicted octanol–water partition coefficient (Wildman–Crippen LogP) is 5.19. The van der Waals surface area contributed by atoms with Crippen molar-refractivity contribution < 1.29 is 18.9 Å². The molecular formula is C23H39N2O4P. The van der Waals surface area contributed by atoms with Gasteiger partial charge in [0, 0.05) is 32.1 Å². The molecule has 1 N–H and O–H groups in total. The number of hydrogen-bond acceptors (Lipinski definition) is 6. The summed E-state index contributed by atoms with van der Waals surface area (Å²) in [5.41, 5.74) is 0.836. The first kappa shape index (κ1) is 25.4. The molecule has 0 saturated carbocycles. The highest BCUT2D eigenvalue weighted by Gasteiger charge is 2.22. The lowest BCUT2D eigenvalue weighted by Crippen LogP contribution is -2.44. The van der Waals surface area contributed by atoms with Gasteiger partial charge in [-0.25, -0.2) is 5.01 Å². The molecule has 2 rings (SSSR count). The number of rotatable bonds is 16. The summed E-state index contributed by atoms with van der Waals surface area (Å²) >= 11 is 0. The van der Waals surface area contributed by atoms with Crippen LogP contribution in [-0.4, -0.2) is 60.4 Å². The van der Waals surface area contributed by atoms with Crippen molar-refractivity contribution in [3.05, 3.63) is 35.9 Å². The molecule has 6 nitrogen and oxygen atoms in total. The van der Waals surface area contributed by atoms with Crippen LogP contribution in [0.5, 0.6) is 0 Å². The standard InChI is InChI=1S/C23H39N2O4P/c1-24(25-17-20-28-21-18-25)30(27)29-19-13-8-6-4-2-3-5-7-12-16-23(26)22-14-10-9-11-15-22/h9-11,14-15,27H,2-8,12-13,16-21H2,1H3. The maximum absolute atomic E-state index is 12.0. The Morgan fingerprint density at radius 3 is 2.20 bits per heavy atom. The molecule has 30 heavy (non-hydrogen) atoms. The summed E-state index contributed by atoms with van der Waals surface area (Å²) in [6.07, 6.45) is 11.2. The highest BCUT2D eigenvalue weighted by atomic mass is 31.2. The normalized spacial score (nSPS) is 16.1. The molecule has 0 radical (unpaired) electrons. The third kappa shape index (κ3) is 10.4. The maximum Gasteiger partial charge on any atom is 0.270 e. The Kier molecular flexibility index (Phi) is 13.4. The highest BCUT2D eigenvalue weighted by molar-refractivity contribution is 7.43. The van der Waals surface area contributed by atoms with Crippen LogP contribution < -0.4 is 0 Å². The number of carbonyl (C=O) groups excluding carboxylic acids is 1. The molecule has 0 aliphatic carbocycles. The Labute approximate surface area is 183 Å². The zero-order valence-corrected chi connectivity index (χ0v) is 19.4. The molecule has 170 valence electrons. The minimum atomic E-state index is -1.54. The number of Topliss-reactive ketones (excluding diaryl/α,β-unsaturated/α-hetero) is 1. The largest absolute Gasteiger partial charge is 0.379 e. The third-order valence-electron chi connectivity index (χ3n) is 5.50. The SMILES string of the molecule is CN(N1CCOCC1)P(O)OCCCCCCCCCCCC(=O)c1ccccc1. The van der Waals surface area contributed by atoms with E-state index in [1.807, 2.05) is 42.2 Å². The quantitative estimate of drug-likeness (QED) is 0.218. The van der Waals surface area contributed by atoms with Crippen LogP contribution in [0.1, 0.15) is 74.6 Å². The van der Waals surface area contributed by atoms with Gasteiger partial charge >= 0.3 is 0 Å². The molecule has 0 spiro atoms. The van der Waals surface area contributed by atoms with Gasteiger partial charge in [0.25, 0.3) is 8.53 Å². The number of unbranched alkanes of at least 4 members (excludes halogenated alkanes) is 8. The average Bonchev–Trinajstić information content (AvgIpc) is 2.80. The lowest BCUT2D eigenvalue weighted by Gasteiger charge is -2.35. The summed E-state index contributed by atoms with van der Waals surface area (Å²) < 4.78 is 12.8. The number of ketones is 1. The number of morpholine rings is 1. The van der Waals surface area contributed by atoms with Crippen LogP contribution in [-0.2, 0) is 9.26 Å². The van der Waals surface area contributed by atoms with Crippen LogP contribution in [0.15, 0.2) is 30.3 Å². The zero-order valence-electron chi connectivity index (χ0n) is 18.5. The van der Waals surface area contributed by atoms with Crippen LogP contribution in [0.3, 0.4) is 0 Å². The average molecular weight is 439 g/mol. The van der Waals surface area contributed by atoms with E-state index in [9.17, 15) is 9.69 Å². The first-order valence-corrected chi connectivity index (χ1v) is 12.6. The van der Waals surface area contributed by atoms with Gasteiger partial charge in [-0.1, -0.05) is 75.3 Å². The van der Waals surface area contributed by atoms with E-state index < -0.39 is 8.53 Å². The van der Waals surface area contributed by atoms with Crippen LogP contribution in [0.25, 0.3) is 0 Å². The van der Waals surface area contributed by atoms with Gasteiger partial charge in [-0.05, 0) is 12.8 Å². The van der Waals surface area contributed by atoms with Crippen molar-refractivity contribution in [3.63, 3.8) is 0 Å². The summed E-state index contributed by atoms with van der Waals surface area (Å²) in [6, 6.07) is 9.59. The molecule has 1 fully saturated rings. The van der Waals surface area contributed by atoms with E-state index in [4.69, 9.17) is 9.26 Å². The topological polar surface area (TPSA) is 62.2 Å². The van der Waals surface area contributed by atoms with Gasteiger partial charge in [0.15, 0.2) is 5.78 Å². The van der Waals surface area contributed by atoms with Gasteiger partial charge in [0.05, 0.1) is 19.8 Å². The minimum absolute atomic E-state index is 0.264. The smallest absolute Gasteiger partial charge is 0.270 e. The number of ether oxygens (including phenoxy) is 1. The zero-order chi connectivity index (χ0) is 21.4. The minimum Gasteiger partial charge on any atom is -0.379 e. The maximum atomic E-state index is 12.0. The van der Waals surface area contributed by atoms with Gasteiger partial charge in [-0.3, -0.25) is 4.79 Å². The summed E-state index contributed by atoms with van der Waals surface area (Å²) in [5.74, 6) is 0.264. The van der Waals surface area contributed by atoms with Gasteiger partial charge in [0.1, 0.15) is 0 Å². The van der Waals surface area contributed by atoms with Crippen molar-refractivity contribution in [2.45, 2.75) is 64.2 Å². The summed E-state index contributed by atoms with van der Waals surface area (Å²) in [6.45, 7) is 3.65. The molecule has 1 aliphatic rings. The molecule has 1 aromatic rings. The molecule has 0 aromatic heterocycles. The van der Waals surface area contributed by atoms with Gasteiger partial charge in [-0.2, -0.15) is 4.78 Å². The Hall–Kier alpha value is -0.880. The molecule has 1 saturated heterocycles. The second-order valence-corrected chi connectivity index (χ2v) is 9.21. The number of carbonyl (C=O) groups is 1. The van der Waals surface area contributed by atoms with Crippen LogP contribution in [0, 0.1) is 0 Å². The van der Waals surface area contributed by atoms with Crippen molar-refractivity contribution in [3.8, 4) is 0 Å². The Morgan fingerprint density at radius 1 is 1.00 bits per heavy atom. The van der Waals surface area contributed by atoms with E-state index in [2.05, 4.69) is 5.01 Å². The van der Waals surface area contributed by atoms with Gasteiger partial charge in [0.2, 0.25) is 0 Å². The van der Waals surface area contributed by atoms with Crippen molar-refractivity contribution in [1.29, 1.82) is 0 Å². The Balaban J connectivity index is 1.35. The molecule has 0 bridgehead atoms. The molecule has 1 atom stereocenters. The fourth-order valence-electron chi connectivity index (χ4n) is 3.57. The number of benzene rings is 1. The van der Waals surface area contributed by atoms with E-state index in [1.54, 1.807) is 0 Å². The molecule has 1 heterocycles. The fourth-order valence-corrected chi connectivity index (χ4v) is 4.43. The summed E-state index contributed by atoms with van der Waals surface area (Å²) in [7, 11) is 0.343. The fraction of sp³-hybridized carbons (Fsp3) is 0.696. The third-order valence-corrected chi connectivity index (χ3v) is 6.66. The number of hydrogen-bond donors (Lipinski definition) is 1. The number of nitrogens with zero attached hydrogens (tertiary/aromatic N) is 2. The van der Waals surface area contributed by atoms with Crippen molar-refractivity contribution in [2.24, 2.45) is 0 Å². The van der Waals surface area contributed by atoms with Crippen molar-refractivity contribution in [2.75, 3.05) is 40.0 Å². The van der Waals surface area contributed by atoms with Gasteiger partial charge < -0.3 is 14.2 Å². The molecule has 7 heteroatoms. The Morgan fingerprint density at radius 2 is 1.57 bits per heavy atom. The van der Waals surface area contributed by atoms with E-state index in [-0.39, 0.29) is 5.78 Å². The Bertz CT molecular complexity index is 570. The lowest BCUT2D eigenvalue weighted by molar-refractivity contribution is -0.0393. The summed E-state index contributed by atoms with van der Waals surface area (Å²) in [4.78, 5) is 22.2. The highest BCUT2D eigenvalue weighted by Crippen LogP contribution is 2.36. The van der Waals surface area contributed by atoms with E-state index in [0.29, 0.717) is 26.2 Å². The summed E-state index contributed by atoms with van der Waals surface area (Å²) in [5, 5.41) is 2.09. The van der Waals surface area contributed by atoms with E-state index >= 15 is 0 Å². The monoisotopic (exact) mass is 438 g/mol. The van der Waals surface area contributed by atoms with E-state index in [0.717, 1.165) is 44.3 Å². The molecule has 0 amide bonds. The van der Waals surface area contributed by atoms with Crippen molar-refractivity contribution in [1.82, 2.24) is 9.79 Å². The van der Waals surface area contributed by atoms with Crippen LogP contribution >= 0.6 is 8.53 Å². The van der Waals surface area contributed by atoms with Crippen LogP contribution in [0.4, 0.5) is 0 Å². The first-order chi connectivity index (χ1) is 14.7. The number of hydrazine groups is 1. The molecule has 1 aliphatic heterocycles. The second kappa shape index (κ2) is 15.9. The first-order valence-electron chi connectivity index (χ1n) is 11.4. The molecule has 1 unspecified atom stereocenters. The van der Waals surface area contributed by atoms with Crippen LogP contribution in [0.2, 0.25) is 0 Å². The predicted molar refractivity (Wildman–Crippen MR) is 122 cm³/mol. The van der Waals surface area contributed by atoms with E-state index in [1.165, 1.54) is 32.1 Å². The second-order valence-electron chi connectivity index (χ2n) is 7.86. The molecule has 1 aromatic carbocycles. The lowest BCUT2D eigenvalue weighted by atomic mass is 10.0. The molecular weight excluding hydrogens is 399 g/mol. The van der Waals surface area contributed by atoms with Gasteiger partial charge in [-0.15, -0.1) is 0 Å². The van der Waals surface area contributed by atoms with Crippen molar-refractivity contribution >= 4 is 14.3 Å².